The Labute approximate surface area is 92.2 Å². The zero-order valence-corrected chi connectivity index (χ0v) is 10.5. The third kappa shape index (κ3) is 6.17. The molecule has 0 saturated heterocycles. The fourth-order valence-corrected chi connectivity index (χ4v) is 1.55. The average Bonchev–Trinajstić information content (AvgIpc) is 2.12. The summed E-state index contributed by atoms with van der Waals surface area (Å²) in [5, 5.41) is 2.52. The largest absolute Gasteiger partial charge is 0.337 e. The Morgan fingerprint density at radius 2 is 1.93 bits per heavy atom. The number of alkyl halides is 1. The van der Waals surface area contributed by atoms with Crippen LogP contribution in [-0.4, -0.2) is 51.2 Å². The van der Waals surface area contributed by atoms with Crippen molar-refractivity contribution < 1.29 is 13.2 Å². The molecule has 0 bridgehead atoms. The Morgan fingerprint density at radius 1 is 1.36 bits per heavy atom. The van der Waals surface area contributed by atoms with E-state index in [9.17, 15) is 13.2 Å². The van der Waals surface area contributed by atoms with E-state index in [-0.39, 0.29) is 23.8 Å². The van der Waals surface area contributed by atoms with Gasteiger partial charge in [-0.3, -0.25) is 0 Å². The van der Waals surface area contributed by atoms with Gasteiger partial charge in [0.05, 0.1) is 0 Å². The highest BCUT2D eigenvalue weighted by atomic mass is 79.9. The molecule has 0 aromatic rings. The Bertz CT molecular complexity index is 278. The minimum atomic E-state index is -3.24. The van der Waals surface area contributed by atoms with Crippen LogP contribution in [0.15, 0.2) is 0 Å². The van der Waals surface area contributed by atoms with E-state index in [4.69, 9.17) is 0 Å². The number of carbonyl (C=O) groups excluding carboxylic acids is 1. The maximum atomic E-state index is 11.0. The molecule has 14 heavy (non-hydrogen) atoms. The standard InChI is InChI=1S/C6H14BrN3O3S/c1-10(2)6(11)8-3-4-9-14(12,13)5-7/h9H,3-5H2,1-2H3,(H,8,11). The van der Waals surface area contributed by atoms with Crippen molar-refractivity contribution in [1.82, 2.24) is 14.9 Å². The van der Waals surface area contributed by atoms with Crippen LogP contribution in [0.2, 0.25) is 0 Å². The van der Waals surface area contributed by atoms with Crippen LogP contribution in [-0.2, 0) is 10.0 Å². The van der Waals surface area contributed by atoms with Gasteiger partial charge < -0.3 is 10.2 Å². The summed E-state index contributed by atoms with van der Waals surface area (Å²) in [5.41, 5.74) is 0. The van der Waals surface area contributed by atoms with Crippen molar-refractivity contribution in [3.05, 3.63) is 0 Å². The van der Waals surface area contributed by atoms with Crippen LogP contribution in [0.3, 0.4) is 0 Å². The van der Waals surface area contributed by atoms with Crippen molar-refractivity contribution in [2.45, 2.75) is 0 Å². The van der Waals surface area contributed by atoms with Crippen LogP contribution in [0, 0.1) is 0 Å². The summed E-state index contributed by atoms with van der Waals surface area (Å²) < 4.78 is 24.0. The monoisotopic (exact) mass is 287 g/mol. The van der Waals surface area contributed by atoms with Gasteiger partial charge in [0.25, 0.3) is 0 Å². The van der Waals surface area contributed by atoms with Crippen LogP contribution in [0.1, 0.15) is 0 Å². The Kier molecular flexibility index (Phi) is 6.05. The first-order valence-electron chi connectivity index (χ1n) is 3.87. The Balaban J connectivity index is 3.63. The predicted octanol–water partition coefficient (Wildman–Crippen LogP) is -0.471. The molecule has 0 aromatic heterocycles. The Hall–Kier alpha value is -0.340. The first-order valence-corrected chi connectivity index (χ1v) is 6.65. The zero-order chi connectivity index (χ0) is 11.2. The van der Waals surface area contributed by atoms with E-state index >= 15 is 0 Å². The first kappa shape index (κ1) is 13.7. The van der Waals surface area contributed by atoms with E-state index in [1.165, 1.54) is 4.90 Å². The van der Waals surface area contributed by atoms with E-state index in [2.05, 4.69) is 26.0 Å². The van der Waals surface area contributed by atoms with Gasteiger partial charge in [0, 0.05) is 27.2 Å². The molecule has 0 heterocycles. The van der Waals surface area contributed by atoms with Gasteiger partial charge in [0.2, 0.25) is 10.0 Å². The van der Waals surface area contributed by atoms with Crippen molar-refractivity contribution >= 4 is 32.0 Å². The van der Waals surface area contributed by atoms with Crippen LogP contribution in [0.25, 0.3) is 0 Å². The number of amides is 2. The molecule has 8 heteroatoms. The van der Waals surface area contributed by atoms with Crippen molar-refractivity contribution in [1.29, 1.82) is 0 Å². The lowest BCUT2D eigenvalue weighted by molar-refractivity contribution is 0.217. The maximum Gasteiger partial charge on any atom is 0.316 e. The summed E-state index contributed by atoms with van der Waals surface area (Å²) in [4.78, 5) is 12.3. The van der Waals surface area contributed by atoms with Crippen molar-refractivity contribution in [3.8, 4) is 0 Å². The highest BCUT2D eigenvalue weighted by Gasteiger charge is 2.06. The number of nitrogens with one attached hydrogen (secondary N) is 2. The molecule has 0 rings (SSSR count). The van der Waals surface area contributed by atoms with Gasteiger partial charge in [0.1, 0.15) is 4.66 Å². The van der Waals surface area contributed by atoms with Gasteiger partial charge in [-0.25, -0.2) is 17.9 Å². The number of hydrogen-bond acceptors (Lipinski definition) is 3. The number of carbonyl (C=O) groups is 1. The van der Waals surface area contributed by atoms with E-state index in [0.717, 1.165) is 0 Å². The fraction of sp³-hybridized carbons (Fsp3) is 0.833. The van der Waals surface area contributed by atoms with Crippen LogP contribution in [0.5, 0.6) is 0 Å². The fourth-order valence-electron chi connectivity index (χ4n) is 0.573. The molecular weight excluding hydrogens is 274 g/mol. The topological polar surface area (TPSA) is 78.5 Å². The van der Waals surface area contributed by atoms with Crippen LogP contribution >= 0.6 is 15.9 Å². The number of sulfonamides is 1. The third-order valence-corrected chi connectivity index (χ3v) is 4.01. The molecular formula is C6H14BrN3O3S. The molecule has 0 saturated carbocycles. The second-order valence-electron chi connectivity index (χ2n) is 2.74. The molecule has 0 spiro atoms. The average molecular weight is 288 g/mol. The summed E-state index contributed by atoms with van der Waals surface area (Å²) in [7, 11) is -0.0177. The van der Waals surface area contributed by atoms with Crippen molar-refractivity contribution in [2.24, 2.45) is 0 Å². The summed E-state index contributed by atoms with van der Waals surface area (Å²) in [5.74, 6) is 0. The predicted molar refractivity (Wildman–Crippen MR) is 57.8 cm³/mol. The number of rotatable bonds is 5. The number of hydrogen-bond donors (Lipinski definition) is 2. The number of nitrogens with zero attached hydrogens (tertiary/aromatic N) is 1. The molecule has 0 aliphatic carbocycles. The van der Waals surface area contributed by atoms with Crippen molar-refractivity contribution in [2.75, 3.05) is 31.8 Å². The highest BCUT2D eigenvalue weighted by Crippen LogP contribution is 1.89. The number of urea groups is 1. The van der Waals surface area contributed by atoms with Crippen LogP contribution < -0.4 is 10.0 Å². The molecule has 0 aromatic carbocycles. The lowest BCUT2D eigenvalue weighted by Gasteiger charge is -2.11. The second kappa shape index (κ2) is 6.20. The summed E-state index contributed by atoms with van der Waals surface area (Å²) >= 11 is 2.83. The normalized spacial score (nSPS) is 11.1. The third-order valence-electron chi connectivity index (χ3n) is 1.27. The zero-order valence-electron chi connectivity index (χ0n) is 8.08. The minimum Gasteiger partial charge on any atom is -0.337 e. The lowest BCUT2D eigenvalue weighted by atomic mass is 10.6. The molecule has 0 unspecified atom stereocenters. The molecule has 0 aliphatic heterocycles. The number of halogens is 1. The lowest BCUT2D eigenvalue weighted by Crippen LogP contribution is -2.39. The van der Waals surface area contributed by atoms with E-state index < -0.39 is 10.0 Å². The van der Waals surface area contributed by atoms with Gasteiger partial charge >= 0.3 is 6.03 Å². The molecule has 84 valence electrons. The summed E-state index contributed by atoms with van der Waals surface area (Å²) in [6.07, 6.45) is 0. The summed E-state index contributed by atoms with van der Waals surface area (Å²) in [6.45, 7) is 0.455. The molecule has 6 nitrogen and oxygen atoms in total. The second-order valence-corrected chi connectivity index (χ2v) is 5.85. The van der Waals surface area contributed by atoms with E-state index in [0.29, 0.717) is 0 Å². The molecule has 2 amide bonds. The SMILES string of the molecule is CN(C)C(=O)NCCNS(=O)(=O)CBr. The minimum absolute atomic E-state index is 0.137. The maximum absolute atomic E-state index is 11.0. The van der Waals surface area contributed by atoms with Gasteiger partial charge in [-0.15, -0.1) is 0 Å². The van der Waals surface area contributed by atoms with Crippen LogP contribution in [0.4, 0.5) is 4.79 Å². The van der Waals surface area contributed by atoms with E-state index in [1.54, 1.807) is 14.1 Å². The Morgan fingerprint density at radius 3 is 2.36 bits per heavy atom. The molecule has 0 fully saturated rings. The molecule has 0 aliphatic rings. The quantitative estimate of drug-likeness (QED) is 0.530. The van der Waals surface area contributed by atoms with Gasteiger partial charge in [-0.1, -0.05) is 15.9 Å². The molecule has 2 N–H and O–H groups in total. The highest BCUT2D eigenvalue weighted by molar-refractivity contribution is 9.10. The smallest absolute Gasteiger partial charge is 0.316 e. The molecule has 0 radical (unpaired) electrons. The van der Waals surface area contributed by atoms with Gasteiger partial charge in [-0.05, 0) is 0 Å². The van der Waals surface area contributed by atoms with Gasteiger partial charge in [-0.2, -0.15) is 0 Å². The van der Waals surface area contributed by atoms with E-state index in [1.807, 2.05) is 0 Å². The molecule has 0 atom stereocenters. The van der Waals surface area contributed by atoms with Gasteiger partial charge in [0.15, 0.2) is 0 Å². The summed E-state index contributed by atoms with van der Waals surface area (Å²) in [6, 6.07) is -0.247. The first-order chi connectivity index (χ1) is 6.39. The van der Waals surface area contributed by atoms with Crippen molar-refractivity contribution in [3.63, 3.8) is 0 Å².